The minimum absolute atomic E-state index is 0.149. The summed E-state index contributed by atoms with van der Waals surface area (Å²) in [5, 5.41) is 38.8. The first-order valence-corrected chi connectivity index (χ1v) is 9.29. The lowest BCUT2D eigenvalue weighted by molar-refractivity contribution is -0.310. The van der Waals surface area contributed by atoms with Gasteiger partial charge >= 0.3 is 5.97 Å². The molecule has 8 unspecified atom stereocenters. The summed E-state index contributed by atoms with van der Waals surface area (Å²) >= 11 is 0. The van der Waals surface area contributed by atoms with Crippen LogP contribution in [0, 0.1) is 5.92 Å². The number of hydrogen-bond donors (Lipinski definition) is 4. The van der Waals surface area contributed by atoms with Crippen LogP contribution in [0.5, 0.6) is 0 Å². The monoisotopic (exact) mass is 372 g/mol. The number of ether oxygens (including phenoxy) is 3. The Bertz CT molecular complexity index is 533. The predicted molar refractivity (Wildman–Crippen MR) is 88.9 cm³/mol. The van der Waals surface area contributed by atoms with E-state index >= 15 is 0 Å². The molecule has 0 radical (unpaired) electrons. The zero-order valence-electron chi connectivity index (χ0n) is 14.9. The second-order valence-corrected chi connectivity index (χ2v) is 7.36. The van der Waals surface area contributed by atoms with Crippen LogP contribution in [-0.2, 0) is 19.0 Å². The van der Waals surface area contributed by atoms with Crippen molar-refractivity contribution in [3.63, 3.8) is 0 Å². The largest absolute Gasteiger partial charge is 0.458 e. The van der Waals surface area contributed by atoms with Crippen LogP contribution in [-0.4, -0.2) is 75.9 Å². The van der Waals surface area contributed by atoms with E-state index in [9.17, 15) is 25.2 Å². The summed E-state index contributed by atoms with van der Waals surface area (Å²) < 4.78 is 16.5. The molecular formula is C18H28O8. The molecule has 0 amide bonds. The maximum absolute atomic E-state index is 11.9. The molecule has 2 heterocycles. The van der Waals surface area contributed by atoms with Gasteiger partial charge in [0, 0.05) is 11.5 Å². The first kappa shape index (κ1) is 19.7. The molecule has 0 bridgehead atoms. The molecule has 0 aromatic carbocycles. The SMILES string of the molecule is CC(CCC1OC(=O)C2=CCCCC21)OC1OC(CO)C(O)C(O)C1O. The predicted octanol–water partition coefficient (Wildman–Crippen LogP) is -0.377. The molecule has 8 heteroatoms. The lowest BCUT2D eigenvalue weighted by atomic mass is 9.84. The maximum atomic E-state index is 11.9. The van der Waals surface area contributed by atoms with Crippen LogP contribution >= 0.6 is 0 Å². The molecule has 2 aliphatic heterocycles. The normalized spacial score (nSPS) is 41.3. The molecule has 8 nitrogen and oxygen atoms in total. The number of hydrogen-bond acceptors (Lipinski definition) is 8. The fraction of sp³-hybridized carbons (Fsp3) is 0.833. The maximum Gasteiger partial charge on any atom is 0.334 e. The van der Waals surface area contributed by atoms with Crippen molar-refractivity contribution >= 4 is 5.97 Å². The molecule has 0 aromatic rings. The number of aliphatic hydroxyl groups is 4. The lowest BCUT2D eigenvalue weighted by Crippen LogP contribution is -2.59. The van der Waals surface area contributed by atoms with Crippen LogP contribution in [0.3, 0.4) is 0 Å². The minimum Gasteiger partial charge on any atom is -0.458 e. The van der Waals surface area contributed by atoms with E-state index in [1.807, 2.05) is 6.08 Å². The Morgan fingerprint density at radius 2 is 2.00 bits per heavy atom. The van der Waals surface area contributed by atoms with Crippen LogP contribution in [0.4, 0.5) is 0 Å². The van der Waals surface area contributed by atoms with Gasteiger partial charge in [0.1, 0.15) is 30.5 Å². The van der Waals surface area contributed by atoms with E-state index in [1.54, 1.807) is 6.92 Å². The molecule has 0 saturated carbocycles. The number of cyclic esters (lactones) is 1. The van der Waals surface area contributed by atoms with E-state index in [-0.39, 0.29) is 24.1 Å². The van der Waals surface area contributed by atoms with E-state index in [1.165, 1.54) is 0 Å². The first-order valence-electron chi connectivity index (χ1n) is 9.29. The zero-order chi connectivity index (χ0) is 18.8. The average Bonchev–Trinajstić information content (AvgIpc) is 2.97. The van der Waals surface area contributed by atoms with Crippen molar-refractivity contribution in [3.8, 4) is 0 Å². The van der Waals surface area contributed by atoms with Crippen LogP contribution in [0.25, 0.3) is 0 Å². The van der Waals surface area contributed by atoms with Crippen molar-refractivity contribution in [2.24, 2.45) is 5.92 Å². The van der Waals surface area contributed by atoms with Gasteiger partial charge < -0.3 is 34.6 Å². The smallest absolute Gasteiger partial charge is 0.334 e. The number of carbonyl (C=O) groups is 1. The van der Waals surface area contributed by atoms with Crippen LogP contribution in [0.1, 0.15) is 39.0 Å². The molecule has 1 aliphatic carbocycles. The van der Waals surface area contributed by atoms with Crippen LogP contribution < -0.4 is 0 Å². The number of carbonyl (C=O) groups excluding carboxylic acids is 1. The van der Waals surface area contributed by atoms with Gasteiger partial charge in [-0.25, -0.2) is 4.79 Å². The molecule has 3 aliphatic rings. The van der Waals surface area contributed by atoms with Crippen LogP contribution in [0.15, 0.2) is 11.6 Å². The van der Waals surface area contributed by atoms with Gasteiger partial charge in [0.05, 0.1) is 12.7 Å². The Labute approximate surface area is 152 Å². The Morgan fingerprint density at radius 3 is 2.73 bits per heavy atom. The van der Waals surface area contributed by atoms with Crippen molar-refractivity contribution < 1.29 is 39.4 Å². The molecule has 26 heavy (non-hydrogen) atoms. The number of aliphatic hydroxyl groups excluding tert-OH is 4. The van der Waals surface area contributed by atoms with Gasteiger partial charge in [-0.15, -0.1) is 0 Å². The van der Waals surface area contributed by atoms with E-state index in [0.717, 1.165) is 24.8 Å². The summed E-state index contributed by atoms with van der Waals surface area (Å²) in [5.41, 5.74) is 0.795. The van der Waals surface area contributed by atoms with Gasteiger partial charge in [-0.2, -0.15) is 0 Å². The Kier molecular flexibility index (Phi) is 6.32. The van der Waals surface area contributed by atoms with Gasteiger partial charge in [0.2, 0.25) is 0 Å². The molecule has 3 rings (SSSR count). The molecule has 2 saturated heterocycles. The fourth-order valence-electron chi connectivity index (χ4n) is 3.95. The summed E-state index contributed by atoms with van der Waals surface area (Å²) in [4.78, 5) is 11.9. The van der Waals surface area contributed by atoms with Gasteiger partial charge in [-0.05, 0) is 39.0 Å². The Balaban J connectivity index is 1.51. The average molecular weight is 372 g/mol. The summed E-state index contributed by atoms with van der Waals surface area (Å²) in [7, 11) is 0. The third-order valence-corrected chi connectivity index (χ3v) is 5.50. The molecule has 148 valence electrons. The van der Waals surface area contributed by atoms with Gasteiger partial charge in [0.25, 0.3) is 0 Å². The van der Waals surface area contributed by atoms with E-state index in [2.05, 4.69) is 0 Å². The highest BCUT2D eigenvalue weighted by molar-refractivity contribution is 5.91. The summed E-state index contributed by atoms with van der Waals surface area (Å²) in [6.07, 6.45) is -0.772. The zero-order valence-corrected chi connectivity index (χ0v) is 14.9. The Hall–Kier alpha value is -1.03. The van der Waals surface area contributed by atoms with Gasteiger partial charge in [-0.1, -0.05) is 6.08 Å². The van der Waals surface area contributed by atoms with Gasteiger partial charge in [0.15, 0.2) is 6.29 Å². The third kappa shape index (κ3) is 3.95. The third-order valence-electron chi connectivity index (χ3n) is 5.50. The fourth-order valence-corrected chi connectivity index (χ4v) is 3.95. The molecule has 0 aromatic heterocycles. The molecule has 2 fully saturated rings. The van der Waals surface area contributed by atoms with E-state index < -0.39 is 37.3 Å². The number of allylic oxidation sites excluding steroid dienone is 1. The Morgan fingerprint density at radius 1 is 1.23 bits per heavy atom. The van der Waals surface area contributed by atoms with E-state index in [4.69, 9.17) is 14.2 Å². The van der Waals surface area contributed by atoms with Gasteiger partial charge in [-0.3, -0.25) is 0 Å². The highest BCUT2D eigenvalue weighted by Gasteiger charge is 2.45. The first-order chi connectivity index (χ1) is 12.4. The highest BCUT2D eigenvalue weighted by atomic mass is 16.7. The summed E-state index contributed by atoms with van der Waals surface area (Å²) in [6.45, 7) is 1.31. The standard InChI is InChI=1S/C18H28O8/c1-9(24-18-16(22)15(21)14(20)13(8-19)26-18)6-7-12-10-4-2-3-5-11(10)17(23)25-12/h5,9-10,12-16,18-22H,2-4,6-8H2,1H3. The minimum atomic E-state index is -1.45. The highest BCUT2D eigenvalue weighted by Crippen LogP contribution is 2.38. The quantitative estimate of drug-likeness (QED) is 0.465. The molecule has 8 atom stereocenters. The number of fused-ring (bicyclic) bond motifs is 1. The summed E-state index contributed by atoms with van der Waals surface area (Å²) in [6, 6.07) is 0. The molecular weight excluding hydrogens is 344 g/mol. The van der Waals surface area contributed by atoms with Crippen molar-refractivity contribution in [1.29, 1.82) is 0 Å². The van der Waals surface area contributed by atoms with Crippen molar-refractivity contribution in [3.05, 3.63) is 11.6 Å². The van der Waals surface area contributed by atoms with Crippen molar-refractivity contribution in [1.82, 2.24) is 0 Å². The van der Waals surface area contributed by atoms with Crippen molar-refractivity contribution in [2.45, 2.75) is 81.9 Å². The second kappa shape index (κ2) is 8.33. The second-order valence-electron chi connectivity index (χ2n) is 7.36. The number of rotatable bonds is 6. The topological polar surface area (TPSA) is 126 Å². The summed E-state index contributed by atoms with van der Waals surface area (Å²) in [5.74, 6) is -0.0714. The number of esters is 1. The molecule has 4 N–H and O–H groups in total. The van der Waals surface area contributed by atoms with E-state index in [0.29, 0.717) is 12.8 Å². The molecule has 0 spiro atoms. The lowest BCUT2D eigenvalue weighted by Gasteiger charge is -2.40. The van der Waals surface area contributed by atoms with Crippen molar-refractivity contribution in [2.75, 3.05) is 6.61 Å². The van der Waals surface area contributed by atoms with Crippen LogP contribution in [0.2, 0.25) is 0 Å².